The van der Waals surface area contributed by atoms with Crippen molar-refractivity contribution < 1.29 is 14.5 Å². The zero-order valence-electron chi connectivity index (χ0n) is 17.9. The van der Waals surface area contributed by atoms with Crippen LogP contribution in [0.4, 0.5) is 5.69 Å². The molecule has 8 heteroatoms. The molecule has 1 saturated heterocycles. The second-order valence-electron chi connectivity index (χ2n) is 7.56. The summed E-state index contributed by atoms with van der Waals surface area (Å²) in [7, 11) is 0. The molecule has 0 saturated carbocycles. The highest BCUT2D eigenvalue weighted by molar-refractivity contribution is 7.99. The van der Waals surface area contributed by atoms with Crippen LogP contribution in [0.3, 0.4) is 0 Å². The fraction of sp³-hybridized carbons (Fsp3) is 0.304. The molecule has 2 amide bonds. The van der Waals surface area contributed by atoms with Crippen molar-refractivity contribution in [3.63, 3.8) is 0 Å². The van der Waals surface area contributed by atoms with Gasteiger partial charge in [-0.2, -0.15) is 0 Å². The van der Waals surface area contributed by atoms with Crippen LogP contribution >= 0.6 is 11.8 Å². The third-order valence-electron chi connectivity index (χ3n) is 5.48. The van der Waals surface area contributed by atoms with Gasteiger partial charge in [-0.05, 0) is 48.7 Å². The van der Waals surface area contributed by atoms with Crippen molar-refractivity contribution in [3.05, 3.63) is 69.8 Å². The standard InChI is InChI=1S/C23H25N3O4S/c1-15-5-7-20(13-16(15)2)31-22-8-6-19(14-21(22)26(29)30)17(3)23(28)25-11-9-24(10-12-25)18(4)27/h5-8,13-14H,3,9-12H2,1-2,4H3. The molecule has 0 N–H and O–H groups in total. The van der Waals surface area contributed by atoms with Gasteiger partial charge in [0.25, 0.3) is 11.6 Å². The number of aryl methyl sites for hydroxylation is 2. The first-order chi connectivity index (χ1) is 14.7. The largest absolute Gasteiger partial charge is 0.339 e. The van der Waals surface area contributed by atoms with Gasteiger partial charge in [0.1, 0.15) is 0 Å². The molecule has 0 unspecified atom stereocenters. The Morgan fingerprint density at radius 3 is 2.23 bits per heavy atom. The Hall–Kier alpha value is -3.13. The Balaban J connectivity index is 1.79. The number of amides is 2. The number of hydrogen-bond donors (Lipinski definition) is 0. The number of nitro groups is 1. The molecule has 0 aliphatic carbocycles. The van der Waals surface area contributed by atoms with E-state index in [0.29, 0.717) is 36.6 Å². The summed E-state index contributed by atoms with van der Waals surface area (Å²) in [5, 5.41) is 11.7. The summed E-state index contributed by atoms with van der Waals surface area (Å²) in [5.74, 6) is -0.287. The quantitative estimate of drug-likeness (QED) is 0.398. The molecule has 0 radical (unpaired) electrons. The highest BCUT2D eigenvalue weighted by atomic mass is 32.2. The lowest BCUT2D eigenvalue weighted by Crippen LogP contribution is -2.50. The monoisotopic (exact) mass is 439 g/mol. The summed E-state index contributed by atoms with van der Waals surface area (Å²) in [6.45, 7) is 11.2. The molecule has 0 bridgehead atoms. The van der Waals surface area contributed by atoms with Crippen molar-refractivity contribution >= 4 is 34.8 Å². The van der Waals surface area contributed by atoms with E-state index in [2.05, 4.69) is 6.58 Å². The van der Waals surface area contributed by atoms with Gasteiger partial charge in [-0.3, -0.25) is 19.7 Å². The zero-order valence-corrected chi connectivity index (χ0v) is 18.7. The van der Waals surface area contributed by atoms with Gasteiger partial charge in [-0.15, -0.1) is 0 Å². The minimum absolute atomic E-state index is 0.0154. The van der Waals surface area contributed by atoms with E-state index in [9.17, 15) is 19.7 Å². The average Bonchev–Trinajstić information content (AvgIpc) is 2.75. The van der Waals surface area contributed by atoms with Crippen LogP contribution in [0.2, 0.25) is 0 Å². The molecular weight excluding hydrogens is 414 g/mol. The number of carbonyl (C=O) groups excluding carboxylic acids is 2. The van der Waals surface area contributed by atoms with Gasteiger partial charge in [0.15, 0.2) is 0 Å². The van der Waals surface area contributed by atoms with E-state index in [1.165, 1.54) is 24.8 Å². The minimum atomic E-state index is -0.434. The number of nitro benzene ring substituents is 1. The maximum atomic E-state index is 12.8. The molecule has 0 spiro atoms. The Kier molecular flexibility index (Phi) is 6.80. The van der Waals surface area contributed by atoms with Gasteiger partial charge >= 0.3 is 0 Å². The fourth-order valence-electron chi connectivity index (χ4n) is 3.38. The number of rotatable bonds is 5. The molecule has 31 heavy (non-hydrogen) atoms. The predicted octanol–water partition coefficient (Wildman–Crippen LogP) is 4.07. The van der Waals surface area contributed by atoms with Crippen LogP contribution in [0.5, 0.6) is 0 Å². The van der Waals surface area contributed by atoms with Crippen molar-refractivity contribution in [2.45, 2.75) is 30.6 Å². The fourth-order valence-corrected chi connectivity index (χ4v) is 4.38. The maximum absolute atomic E-state index is 12.8. The topological polar surface area (TPSA) is 83.8 Å². The Labute approximate surface area is 185 Å². The van der Waals surface area contributed by atoms with E-state index in [1.54, 1.807) is 21.9 Å². The molecule has 162 valence electrons. The van der Waals surface area contributed by atoms with Crippen molar-refractivity contribution in [1.82, 2.24) is 9.80 Å². The second kappa shape index (κ2) is 9.34. The average molecular weight is 440 g/mol. The smallest absolute Gasteiger partial charge is 0.283 e. The molecule has 0 aromatic heterocycles. The van der Waals surface area contributed by atoms with Gasteiger partial charge in [-0.25, -0.2) is 0 Å². The lowest BCUT2D eigenvalue weighted by atomic mass is 10.1. The van der Waals surface area contributed by atoms with E-state index in [1.807, 2.05) is 32.0 Å². The van der Waals surface area contributed by atoms with Crippen LogP contribution < -0.4 is 0 Å². The van der Waals surface area contributed by atoms with Crippen molar-refractivity contribution in [2.24, 2.45) is 0 Å². The summed E-state index contributed by atoms with van der Waals surface area (Å²) in [4.78, 5) is 40.3. The lowest BCUT2D eigenvalue weighted by Gasteiger charge is -2.34. The van der Waals surface area contributed by atoms with E-state index in [4.69, 9.17) is 0 Å². The van der Waals surface area contributed by atoms with E-state index >= 15 is 0 Å². The highest BCUT2D eigenvalue weighted by Gasteiger charge is 2.26. The molecular formula is C23H25N3O4S. The molecule has 0 atom stereocenters. The molecule has 2 aromatic rings. The summed E-state index contributed by atoms with van der Waals surface area (Å²) < 4.78 is 0. The van der Waals surface area contributed by atoms with Crippen LogP contribution in [0.1, 0.15) is 23.6 Å². The number of carbonyl (C=O) groups is 2. The number of piperazine rings is 1. The molecule has 7 nitrogen and oxygen atoms in total. The Morgan fingerprint density at radius 1 is 1.00 bits per heavy atom. The Morgan fingerprint density at radius 2 is 1.65 bits per heavy atom. The third kappa shape index (κ3) is 5.14. The van der Waals surface area contributed by atoms with E-state index in [0.717, 1.165) is 16.0 Å². The van der Waals surface area contributed by atoms with Crippen molar-refractivity contribution in [1.29, 1.82) is 0 Å². The van der Waals surface area contributed by atoms with Gasteiger partial charge in [0, 0.05) is 49.6 Å². The zero-order chi connectivity index (χ0) is 22.7. The molecule has 1 heterocycles. The van der Waals surface area contributed by atoms with Crippen molar-refractivity contribution in [2.75, 3.05) is 26.2 Å². The van der Waals surface area contributed by atoms with E-state index in [-0.39, 0.29) is 23.1 Å². The van der Waals surface area contributed by atoms with E-state index < -0.39 is 4.92 Å². The lowest BCUT2D eigenvalue weighted by molar-refractivity contribution is -0.387. The van der Waals surface area contributed by atoms with Crippen LogP contribution in [-0.4, -0.2) is 52.7 Å². The first kappa shape index (κ1) is 22.6. The number of benzene rings is 2. The van der Waals surface area contributed by atoms with Gasteiger partial charge in [0.05, 0.1) is 9.82 Å². The van der Waals surface area contributed by atoms with Crippen molar-refractivity contribution in [3.8, 4) is 0 Å². The molecule has 3 rings (SSSR count). The van der Waals surface area contributed by atoms with Gasteiger partial charge in [-0.1, -0.05) is 30.5 Å². The SMILES string of the molecule is C=C(C(=O)N1CCN(C(C)=O)CC1)c1ccc(Sc2ccc(C)c(C)c2)c([N+](=O)[O-])c1. The molecule has 1 fully saturated rings. The van der Waals surface area contributed by atoms with Crippen LogP contribution in [-0.2, 0) is 9.59 Å². The highest BCUT2D eigenvalue weighted by Crippen LogP contribution is 2.37. The Bertz CT molecular complexity index is 1060. The maximum Gasteiger partial charge on any atom is 0.283 e. The predicted molar refractivity (Wildman–Crippen MR) is 121 cm³/mol. The van der Waals surface area contributed by atoms with Crippen LogP contribution in [0.15, 0.2) is 52.8 Å². The molecule has 1 aliphatic heterocycles. The third-order valence-corrected chi connectivity index (χ3v) is 6.54. The normalized spacial score (nSPS) is 13.8. The summed E-state index contributed by atoms with van der Waals surface area (Å²) >= 11 is 1.32. The number of hydrogen-bond acceptors (Lipinski definition) is 5. The molecule has 1 aliphatic rings. The first-order valence-electron chi connectivity index (χ1n) is 9.95. The van der Waals surface area contributed by atoms with Crippen LogP contribution in [0, 0.1) is 24.0 Å². The van der Waals surface area contributed by atoms with Gasteiger partial charge < -0.3 is 9.80 Å². The van der Waals surface area contributed by atoms with Crippen LogP contribution in [0.25, 0.3) is 5.57 Å². The summed E-state index contributed by atoms with van der Waals surface area (Å²) in [6.07, 6.45) is 0. The number of nitrogens with zero attached hydrogens (tertiary/aromatic N) is 3. The summed E-state index contributed by atoms with van der Waals surface area (Å²) in [5.41, 5.74) is 2.86. The second-order valence-corrected chi connectivity index (χ2v) is 8.68. The summed E-state index contributed by atoms with van der Waals surface area (Å²) in [6, 6.07) is 10.7. The first-order valence-corrected chi connectivity index (χ1v) is 10.8. The minimum Gasteiger partial charge on any atom is -0.339 e. The van der Waals surface area contributed by atoms with Gasteiger partial charge in [0.2, 0.25) is 5.91 Å². The molecule has 2 aromatic carbocycles.